The standard InChI is InChI=1S/C41H48FNO4/c1-29(2)37-28-36(30-14-8-5-9-15-30)39(31-18-20-33(42)21-19-31)43(37)25-22-34-26-35(46-41(45-34)23-12-7-13-24-41)27-38(44)47-40(3,4)32-16-10-6-11-17-32/h5-6,8-11,14-21,28-29,34-35H,7,12-13,22-27H2,1-4H3/t34-,35-/m1/s1. The Balaban J connectivity index is 1.26. The number of carbonyl (C=O) groups is 1. The van der Waals surface area contributed by atoms with Gasteiger partial charge in [0.15, 0.2) is 5.79 Å². The van der Waals surface area contributed by atoms with Gasteiger partial charge in [0.05, 0.1) is 24.3 Å². The van der Waals surface area contributed by atoms with Crippen molar-refractivity contribution in [1.82, 2.24) is 4.57 Å². The minimum atomic E-state index is -0.736. The van der Waals surface area contributed by atoms with Gasteiger partial charge in [0.1, 0.15) is 11.4 Å². The number of hydrogen-bond donors (Lipinski definition) is 0. The van der Waals surface area contributed by atoms with Gasteiger partial charge >= 0.3 is 5.97 Å². The molecule has 0 N–H and O–H groups in total. The van der Waals surface area contributed by atoms with Crippen molar-refractivity contribution in [2.45, 2.75) is 115 Å². The first-order chi connectivity index (χ1) is 22.6. The summed E-state index contributed by atoms with van der Waals surface area (Å²) in [5.41, 5.74) is 5.79. The molecule has 0 amide bonds. The molecule has 2 atom stereocenters. The smallest absolute Gasteiger partial charge is 0.309 e. The highest BCUT2D eigenvalue weighted by Crippen LogP contribution is 2.42. The van der Waals surface area contributed by atoms with E-state index < -0.39 is 11.4 Å². The second kappa shape index (κ2) is 14.2. The van der Waals surface area contributed by atoms with Crippen LogP contribution in [-0.2, 0) is 31.2 Å². The minimum absolute atomic E-state index is 0.0783. The summed E-state index contributed by atoms with van der Waals surface area (Å²) in [4.78, 5) is 13.4. The first kappa shape index (κ1) is 33.2. The molecule has 2 heterocycles. The first-order valence-corrected chi connectivity index (χ1v) is 17.3. The van der Waals surface area contributed by atoms with Crippen LogP contribution in [0.1, 0.15) is 96.2 Å². The van der Waals surface area contributed by atoms with E-state index in [1.54, 1.807) is 0 Å². The molecule has 1 aliphatic carbocycles. The number of aromatic nitrogens is 1. The van der Waals surface area contributed by atoms with Gasteiger partial charge < -0.3 is 18.8 Å². The summed E-state index contributed by atoms with van der Waals surface area (Å²) in [5.74, 6) is -0.882. The second-order valence-corrected chi connectivity index (χ2v) is 14.0. The van der Waals surface area contributed by atoms with Crippen molar-refractivity contribution >= 4 is 5.97 Å². The van der Waals surface area contributed by atoms with Gasteiger partial charge in [-0.15, -0.1) is 0 Å². The summed E-state index contributed by atoms with van der Waals surface area (Å²) in [5, 5.41) is 0. The third-order valence-corrected chi connectivity index (χ3v) is 9.73. The Bertz CT molecular complexity index is 1620. The summed E-state index contributed by atoms with van der Waals surface area (Å²) in [6.07, 6.45) is 6.17. The van der Waals surface area contributed by atoms with E-state index in [-0.39, 0.29) is 36.3 Å². The maximum Gasteiger partial charge on any atom is 0.309 e. The average molecular weight is 638 g/mol. The molecule has 2 fully saturated rings. The fourth-order valence-electron chi connectivity index (χ4n) is 7.38. The van der Waals surface area contributed by atoms with Crippen LogP contribution < -0.4 is 0 Å². The Labute approximate surface area is 279 Å². The molecule has 1 aliphatic heterocycles. The first-order valence-electron chi connectivity index (χ1n) is 17.3. The van der Waals surface area contributed by atoms with Gasteiger partial charge in [-0.2, -0.15) is 0 Å². The second-order valence-electron chi connectivity index (χ2n) is 14.0. The highest BCUT2D eigenvalue weighted by molar-refractivity contribution is 5.83. The number of benzene rings is 3. The SMILES string of the molecule is CC(C)c1cc(-c2ccccc2)c(-c2ccc(F)cc2)n1CC[C@@H]1C[C@H](CC(=O)OC(C)(C)c2ccccc2)OC2(CCCCC2)O1. The van der Waals surface area contributed by atoms with Gasteiger partial charge in [-0.05, 0) is 86.1 Å². The maximum atomic E-state index is 14.1. The van der Waals surface area contributed by atoms with Crippen molar-refractivity contribution < 1.29 is 23.4 Å². The summed E-state index contributed by atoms with van der Waals surface area (Å²) >= 11 is 0. The highest BCUT2D eigenvalue weighted by atomic mass is 19.1. The van der Waals surface area contributed by atoms with E-state index in [4.69, 9.17) is 14.2 Å². The third-order valence-electron chi connectivity index (χ3n) is 9.73. The minimum Gasteiger partial charge on any atom is -0.455 e. The number of rotatable bonds is 10. The Kier molecular flexibility index (Phi) is 10.00. The Morgan fingerprint density at radius 2 is 1.53 bits per heavy atom. The van der Waals surface area contributed by atoms with Crippen LogP contribution in [0.5, 0.6) is 0 Å². The van der Waals surface area contributed by atoms with Crippen LogP contribution in [-0.4, -0.2) is 28.5 Å². The van der Waals surface area contributed by atoms with Crippen molar-refractivity contribution in [2.75, 3.05) is 0 Å². The molecule has 0 radical (unpaired) electrons. The van der Waals surface area contributed by atoms with Crippen LogP contribution in [0, 0.1) is 5.82 Å². The van der Waals surface area contributed by atoms with Crippen LogP contribution in [0.3, 0.4) is 0 Å². The lowest BCUT2D eigenvalue weighted by molar-refractivity contribution is -0.329. The molecule has 47 heavy (non-hydrogen) atoms. The van der Waals surface area contributed by atoms with E-state index in [2.05, 4.69) is 48.7 Å². The Morgan fingerprint density at radius 3 is 2.19 bits per heavy atom. The monoisotopic (exact) mass is 637 g/mol. The molecule has 6 heteroatoms. The zero-order valence-electron chi connectivity index (χ0n) is 28.2. The lowest BCUT2D eigenvalue weighted by Gasteiger charge is -2.47. The Morgan fingerprint density at radius 1 is 0.894 bits per heavy atom. The number of ether oxygens (including phenoxy) is 3. The van der Waals surface area contributed by atoms with Gasteiger partial charge in [-0.1, -0.05) is 80.9 Å². The molecule has 6 rings (SSSR count). The summed E-state index contributed by atoms with van der Waals surface area (Å²) in [7, 11) is 0. The molecule has 0 unspecified atom stereocenters. The predicted molar refractivity (Wildman–Crippen MR) is 184 cm³/mol. The third kappa shape index (κ3) is 7.71. The topological polar surface area (TPSA) is 49.7 Å². The van der Waals surface area contributed by atoms with Crippen molar-refractivity contribution in [3.8, 4) is 22.4 Å². The van der Waals surface area contributed by atoms with E-state index in [1.165, 1.54) is 24.2 Å². The molecule has 4 aromatic rings. The van der Waals surface area contributed by atoms with Gasteiger partial charge in [0.25, 0.3) is 0 Å². The molecule has 2 aliphatic rings. The van der Waals surface area contributed by atoms with E-state index in [0.29, 0.717) is 6.42 Å². The molecule has 1 spiro atoms. The molecule has 1 saturated carbocycles. The van der Waals surface area contributed by atoms with E-state index in [0.717, 1.165) is 66.6 Å². The number of carbonyl (C=O) groups excluding carboxylic acids is 1. The lowest BCUT2D eigenvalue weighted by atomic mass is 9.91. The summed E-state index contributed by atoms with van der Waals surface area (Å²) < 4.78 is 36.0. The molecule has 1 aromatic heterocycles. The average Bonchev–Trinajstić information content (AvgIpc) is 3.45. The van der Waals surface area contributed by atoms with Gasteiger partial charge in [-0.3, -0.25) is 4.79 Å². The molecule has 3 aromatic carbocycles. The quantitative estimate of drug-likeness (QED) is 0.162. The van der Waals surface area contributed by atoms with Gasteiger partial charge in [-0.25, -0.2) is 4.39 Å². The summed E-state index contributed by atoms with van der Waals surface area (Å²) in [6, 6.07) is 29.4. The number of esters is 1. The number of hydrogen-bond acceptors (Lipinski definition) is 4. The molecular formula is C41H48FNO4. The van der Waals surface area contributed by atoms with Crippen molar-refractivity contribution in [1.29, 1.82) is 0 Å². The largest absolute Gasteiger partial charge is 0.455 e. The van der Waals surface area contributed by atoms with Crippen LogP contribution in [0.25, 0.3) is 22.4 Å². The van der Waals surface area contributed by atoms with Crippen LogP contribution in [0.2, 0.25) is 0 Å². The van der Waals surface area contributed by atoms with Crippen LogP contribution in [0.15, 0.2) is 91.0 Å². The van der Waals surface area contributed by atoms with E-state index in [1.807, 2.05) is 62.4 Å². The fourth-order valence-corrected chi connectivity index (χ4v) is 7.38. The predicted octanol–water partition coefficient (Wildman–Crippen LogP) is 10.2. The highest BCUT2D eigenvalue weighted by Gasteiger charge is 2.44. The van der Waals surface area contributed by atoms with E-state index in [9.17, 15) is 9.18 Å². The molecule has 1 saturated heterocycles. The zero-order chi connectivity index (χ0) is 33.0. The zero-order valence-corrected chi connectivity index (χ0v) is 28.2. The van der Waals surface area contributed by atoms with Crippen molar-refractivity contribution in [3.05, 3.63) is 108 Å². The number of halogens is 1. The van der Waals surface area contributed by atoms with E-state index >= 15 is 0 Å². The summed E-state index contributed by atoms with van der Waals surface area (Å²) in [6.45, 7) is 9.03. The Hall–Kier alpha value is -3.74. The van der Waals surface area contributed by atoms with Gasteiger partial charge in [0.2, 0.25) is 0 Å². The maximum absolute atomic E-state index is 14.1. The van der Waals surface area contributed by atoms with Crippen molar-refractivity contribution in [2.24, 2.45) is 0 Å². The number of nitrogens with zero attached hydrogens (tertiary/aromatic N) is 1. The molecule has 5 nitrogen and oxygen atoms in total. The normalized spacial score (nSPS) is 19.6. The lowest BCUT2D eigenvalue weighted by Crippen LogP contribution is -2.50. The van der Waals surface area contributed by atoms with Crippen molar-refractivity contribution in [3.63, 3.8) is 0 Å². The molecule has 0 bridgehead atoms. The van der Waals surface area contributed by atoms with Crippen LogP contribution in [0.4, 0.5) is 4.39 Å². The fraction of sp³-hybridized carbons (Fsp3) is 0.439. The molecular weight excluding hydrogens is 589 g/mol. The molecule has 248 valence electrons. The van der Waals surface area contributed by atoms with Gasteiger partial charge in [0, 0.05) is 37.1 Å². The van der Waals surface area contributed by atoms with Crippen LogP contribution >= 0.6 is 0 Å².